The Morgan fingerprint density at radius 2 is 2.05 bits per heavy atom. The van der Waals surface area contributed by atoms with Gasteiger partial charge in [-0.05, 0) is 57.2 Å². The van der Waals surface area contributed by atoms with Crippen LogP contribution in [0.3, 0.4) is 0 Å². The Labute approximate surface area is 135 Å². The van der Waals surface area contributed by atoms with Crippen LogP contribution in [0.5, 0.6) is 0 Å². The lowest BCUT2D eigenvalue weighted by Gasteiger charge is -2.39. The fraction of sp³-hybridized carbons (Fsp3) is 0.588. The van der Waals surface area contributed by atoms with E-state index in [1.807, 2.05) is 37.8 Å². The molecular weight excluding hydrogens is 330 g/mol. The van der Waals surface area contributed by atoms with E-state index in [1.54, 1.807) is 0 Å². The molecule has 0 saturated carbocycles. The minimum atomic E-state index is -0.459. The lowest BCUT2D eigenvalue weighted by Crippen LogP contribution is -2.44. The predicted octanol–water partition coefficient (Wildman–Crippen LogP) is 5.16. The molecule has 1 fully saturated rings. The average molecular weight is 354 g/mol. The molecule has 0 N–H and O–H groups in total. The number of halogens is 1. The number of amides is 1. The Kier molecular flexibility index (Phi) is 4.97. The molecule has 21 heavy (non-hydrogen) atoms. The minimum absolute atomic E-state index is 0.105. The molecule has 1 aliphatic heterocycles. The van der Waals surface area contributed by atoms with Crippen LogP contribution in [0.4, 0.5) is 4.79 Å². The zero-order valence-corrected chi connectivity index (χ0v) is 14.8. The summed E-state index contributed by atoms with van der Waals surface area (Å²) in [5.41, 5.74) is 0.710. The maximum Gasteiger partial charge on any atom is 0.410 e. The van der Waals surface area contributed by atoms with E-state index in [4.69, 9.17) is 4.74 Å². The van der Waals surface area contributed by atoms with Crippen molar-refractivity contribution in [1.82, 2.24) is 4.90 Å². The first kappa shape index (κ1) is 16.3. The van der Waals surface area contributed by atoms with Crippen molar-refractivity contribution in [2.75, 3.05) is 6.54 Å². The number of benzene rings is 1. The summed E-state index contributed by atoms with van der Waals surface area (Å²) in [6.07, 6.45) is 1.91. The summed E-state index contributed by atoms with van der Waals surface area (Å²) in [5.74, 6) is 0.515. The number of carbonyl (C=O) groups excluding carboxylic acids is 1. The van der Waals surface area contributed by atoms with E-state index in [0.717, 1.165) is 23.9 Å². The topological polar surface area (TPSA) is 29.5 Å². The third-order valence-corrected chi connectivity index (χ3v) is 4.17. The summed E-state index contributed by atoms with van der Waals surface area (Å²) in [7, 11) is 0. The molecule has 1 heterocycles. The summed E-state index contributed by atoms with van der Waals surface area (Å²) >= 11 is 3.51. The van der Waals surface area contributed by atoms with E-state index in [9.17, 15) is 4.79 Å². The molecule has 1 aliphatic rings. The molecule has 0 aromatic heterocycles. The predicted molar refractivity (Wildman–Crippen MR) is 88.2 cm³/mol. The van der Waals surface area contributed by atoms with E-state index in [-0.39, 0.29) is 12.1 Å². The quantitative estimate of drug-likeness (QED) is 0.697. The number of carbonyl (C=O) groups is 1. The third kappa shape index (κ3) is 4.47. The lowest BCUT2D eigenvalue weighted by atomic mass is 9.90. The van der Waals surface area contributed by atoms with Gasteiger partial charge >= 0.3 is 6.09 Å². The van der Waals surface area contributed by atoms with E-state index >= 15 is 0 Å². The number of hydrogen-bond acceptors (Lipinski definition) is 2. The van der Waals surface area contributed by atoms with E-state index in [0.29, 0.717) is 5.92 Å². The Bertz CT molecular complexity index is 510. The van der Waals surface area contributed by atoms with Crippen LogP contribution in [0.15, 0.2) is 28.7 Å². The van der Waals surface area contributed by atoms with Crippen molar-refractivity contribution in [2.45, 2.75) is 52.2 Å². The Balaban J connectivity index is 2.23. The molecule has 2 rings (SSSR count). The SMILES string of the molecule is CC1CCC(c2cccc(Br)c2)N(C(=O)OC(C)(C)C)C1. The van der Waals surface area contributed by atoms with Crippen molar-refractivity contribution >= 4 is 22.0 Å². The smallest absolute Gasteiger partial charge is 0.410 e. The van der Waals surface area contributed by atoms with Crippen molar-refractivity contribution in [3.8, 4) is 0 Å². The molecule has 3 nitrogen and oxygen atoms in total. The van der Waals surface area contributed by atoms with Crippen LogP contribution in [0.2, 0.25) is 0 Å². The molecule has 0 radical (unpaired) electrons. The Morgan fingerprint density at radius 3 is 2.67 bits per heavy atom. The van der Waals surface area contributed by atoms with Gasteiger partial charge in [0.2, 0.25) is 0 Å². The molecule has 2 atom stereocenters. The maximum atomic E-state index is 12.5. The van der Waals surface area contributed by atoms with Crippen molar-refractivity contribution in [2.24, 2.45) is 5.92 Å². The number of hydrogen-bond donors (Lipinski definition) is 0. The number of ether oxygens (including phenoxy) is 1. The van der Waals surface area contributed by atoms with Gasteiger partial charge in [0.25, 0.3) is 0 Å². The van der Waals surface area contributed by atoms with Crippen molar-refractivity contribution < 1.29 is 9.53 Å². The highest BCUT2D eigenvalue weighted by molar-refractivity contribution is 9.10. The largest absolute Gasteiger partial charge is 0.444 e. The summed E-state index contributed by atoms with van der Waals surface area (Å²) in [5, 5.41) is 0. The molecule has 1 saturated heterocycles. The van der Waals surface area contributed by atoms with Gasteiger partial charge in [0.1, 0.15) is 5.60 Å². The Morgan fingerprint density at radius 1 is 1.33 bits per heavy atom. The summed E-state index contributed by atoms with van der Waals surface area (Å²) < 4.78 is 6.63. The number of rotatable bonds is 1. The van der Waals surface area contributed by atoms with Crippen LogP contribution in [-0.2, 0) is 4.74 Å². The molecule has 0 bridgehead atoms. The minimum Gasteiger partial charge on any atom is -0.444 e. The van der Waals surface area contributed by atoms with Gasteiger partial charge in [-0.15, -0.1) is 0 Å². The first-order valence-corrected chi connectivity index (χ1v) is 8.30. The standard InChI is InChI=1S/C17H24BrNO2/c1-12-8-9-15(13-6-5-7-14(18)10-13)19(11-12)16(20)21-17(2,3)4/h5-7,10,12,15H,8-9,11H2,1-4H3. The summed E-state index contributed by atoms with van der Waals surface area (Å²) in [4.78, 5) is 14.4. The van der Waals surface area contributed by atoms with Crippen molar-refractivity contribution in [1.29, 1.82) is 0 Å². The fourth-order valence-electron chi connectivity index (χ4n) is 2.74. The van der Waals surface area contributed by atoms with Gasteiger partial charge < -0.3 is 9.64 Å². The van der Waals surface area contributed by atoms with Crippen LogP contribution >= 0.6 is 15.9 Å². The highest BCUT2D eigenvalue weighted by atomic mass is 79.9. The van der Waals surface area contributed by atoms with Crippen LogP contribution in [0.25, 0.3) is 0 Å². The second-order valence-corrected chi connectivity index (χ2v) is 7.80. The molecule has 1 amide bonds. The monoisotopic (exact) mass is 353 g/mol. The first-order valence-electron chi connectivity index (χ1n) is 7.51. The fourth-order valence-corrected chi connectivity index (χ4v) is 3.15. The lowest BCUT2D eigenvalue weighted by molar-refractivity contribution is 0.00363. The summed E-state index contributed by atoms with van der Waals surface area (Å²) in [6, 6.07) is 8.31. The molecule has 4 heteroatoms. The molecule has 1 aromatic rings. The normalized spacial score (nSPS) is 23.0. The molecular formula is C17H24BrNO2. The first-order chi connectivity index (χ1) is 9.76. The van der Waals surface area contributed by atoms with Crippen LogP contribution < -0.4 is 0 Å². The van der Waals surface area contributed by atoms with Gasteiger partial charge in [0, 0.05) is 11.0 Å². The average Bonchev–Trinajstić information content (AvgIpc) is 2.36. The number of piperidine rings is 1. The molecule has 0 aliphatic carbocycles. The Hall–Kier alpha value is -1.03. The van der Waals surface area contributed by atoms with Crippen LogP contribution in [0, 0.1) is 5.92 Å². The second kappa shape index (κ2) is 6.39. The van der Waals surface area contributed by atoms with Gasteiger partial charge in [-0.1, -0.05) is 35.0 Å². The van der Waals surface area contributed by atoms with E-state index < -0.39 is 5.60 Å². The van der Waals surface area contributed by atoms with Gasteiger partial charge in [0.15, 0.2) is 0 Å². The zero-order chi connectivity index (χ0) is 15.6. The van der Waals surface area contributed by atoms with Gasteiger partial charge in [-0.3, -0.25) is 0 Å². The van der Waals surface area contributed by atoms with Gasteiger partial charge in [-0.2, -0.15) is 0 Å². The van der Waals surface area contributed by atoms with E-state index in [1.165, 1.54) is 5.56 Å². The molecule has 116 valence electrons. The van der Waals surface area contributed by atoms with Gasteiger partial charge in [-0.25, -0.2) is 4.79 Å². The summed E-state index contributed by atoms with van der Waals surface area (Å²) in [6.45, 7) is 8.67. The van der Waals surface area contributed by atoms with Crippen molar-refractivity contribution in [3.63, 3.8) is 0 Å². The molecule has 1 aromatic carbocycles. The van der Waals surface area contributed by atoms with Crippen LogP contribution in [-0.4, -0.2) is 23.1 Å². The zero-order valence-electron chi connectivity index (χ0n) is 13.2. The maximum absolute atomic E-state index is 12.5. The highest BCUT2D eigenvalue weighted by Crippen LogP contribution is 2.35. The molecule has 0 spiro atoms. The second-order valence-electron chi connectivity index (χ2n) is 6.89. The van der Waals surface area contributed by atoms with Gasteiger partial charge in [0.05, 0.1) is 6.04 Å². The van der Waals surface area contributed by atoms with Crippen molar-refractivity contribution in [3.05, 3.63) is 34.3 Å². The number of nitrogens with zero attached hydrogens (tertiary/aromatic N) is 1. The number of likely N-dealkylation sites (tertiary alicyclic amines) is 1. The van der Waals surface area contributed by atoms with E-state index in [2.05, 4.69) is 35.0 Å². The molecule has 2 unspecified atom stereocenters. The third-order valence-electron chi connectivity index (χ3n) is 3.68. The van der Waals surface area contributed by atoms with Crippen LogP contribution in [0.1, 0.15) is 52.1 Å². The highest BCUT2D eigenvalue weighted by Gasteiger charge is 2.33.